The molecule has 0 atom stereocenters. The Labute approximate surface area is 124 Å². The maximum Gasteiger partial charge on any atom is 0.142 e. The molecule has 2 rings (SSSR count). The van der Waals surface area contributed by atoms with Crippen LogP contribution in [-0.2, 0) is 6.54 Å². The van der Waals surface area contributed by atoms with Gasteiger partial charge in [-0.15, -0.1) is 0 Å². The molecule has 0 unspecified atom stereocenters. The molecule has 5 N–H and O–H groups in total. The summed E-state index contributed by atoms with van der Waals surface area (Å²) in [7, 11) is 0. The zero-order valence-electron chi connectivity index (χ0n) is 11.3. The predicted molar refractivity (Wildman–Crippen MR) is 76.6 cm³/mol. The van der Waals surface area contributed by atoms with E-state index in [9.17, 15) is 13.2 Å². The molecule has 1 heterocycles. The third kappa shape index (κ3) is 3.22. The molecule has 0 bridgehead atoms. The van der Waals surface area contributed by atoms with Crippen LogP contribution in [0.15, 0.2) is 30.5 Å². The van der Waals surface area contributed by atoms with E-state index >= 15 is 0 Å². The van der Waals surface area contributed by atoms with E-state index < -0.39 is 29.0 Å². The Balaban J connectivity index is 2.30. The number of aromatic nitrogens is 1. The average Bonchev–Trinajstić information content (AvgIpc) is 2.47. The summed E-state index contributed by atoms with van der Waals surface area (Å²) >= 11 is 0. The standard InChI is InChI=1S/C14H12F3N5/c15-7-4-8(12(18)13(19)20)14(21-5-7)22-6-9-10(16)2-1-3-11(9)17/h1-5,18H,6H2,(H3,19,20)(H,21,22). The molecule has 0 radical (unpaired) electrons. The van der Waals surface area contributed by atoms with E-state index in [1.165, 1.54) is 6.07 Å². The summed E-state index contributed by atoms with van der Waals surface area (Å²) in [6.45, 7) is -0.255. The highest BCUT2D eigenvalue weighted by atomic mass is 19.1. The van der Waals surface area contributed by atoms with Gasteiger partial charge in [0, 0.05) is 17.7 Å². The zero-order chi connectivity index (χ0) is 16.3. The minimum absolute atomic E-state index is 0.00394. The SMILES string of the molecule is N=C(N)C(=N)c1cc(F)cnc1NCc1c(F)cccc1F. The van der Waals surface area contributed by atoms with Crippen LogP contribution in [0.2, 0.25) is 0 Å². The first-order valence-corrected chi connectivity index (χ1v) is 6.15. The van der Waals surface area contributed by atoms with Crippen molar-refractivity contribution in [1.29, 1.82) is 10.8 Å². The second-order valence-electron chi connectivity index (χ2n) is 4.39. The minimum Gasteiger partial charge on any atom is -0.382 e. The van der Waals surface area contributed by atoms with Gasteiger partial charge in [-0.2, -0.15) is 0 Å². The molecular formula is C14H12F3N5. The van der Waals surface area contributed by atoms with Crippen LogP contribution >= 0.6 is 0 Å². The Kier molecular flexibility index (Phi) is 4.40. The molecule has 0 saturated heterocycles. The molecular weight excluding hydrogens is 295 g/mol. The van der Waals surface area contributed by atoms with Crippen LogP contribution < -0.4 is 11.1 Å². The van der Waals surface area contributed by atoms with Gasteiger partial charge in [0.25, 0.3) is 0 Å². The lowest BCUT2D eigenvalue weighted by Gasteiger charge is -2.12. The zero-order valence-corrected chi connectivity index (χ0v) is 11.3. The van der Waals surface area contributed by atoms with Crippen molar-refractivity contribution >= 4 is 17.4 Å². The number of halogens is 3. The molecule has 0 saturated carbocycles. The van der Waals surface area contributed by atoms with Crippen LogP contribution in [0.5, 0.6) is 0 Å². The van der Waals surface area contributed by atoms with E-state index in [0.717, 1.165) is 24.4 Å². The van der Waals surface area contributed by atoms with Crippen molar-refractivity contribution in [1.82, 2.24) is 4.98 Å². The summed E-state index contributed by atoms with van der Waals surface area (Å²) in [6.07, 6.45) is 0.886. The Hall–Kier alpha value is -2.90. The van der Waals surface area contributed by atoms with Crippen molar-refractivity contribution in [2.24, 2.45) is 5.73 Å². The molecule has 0 aliphatic heterocycles. The second kappa shape index (κ2) is 6.25. The average molecular weight is 307 g/mol. The van der Waals surface area contributed by atoms with Gasteiger partial charge in [-0.1, -0.05) is 6.07 Å². The van der Waals surface area contributed by atoms with Gasteiger partial charge in [-0.05, 0) is 18.2 Å². The first kappa shape index (κ1) is 15.5. The molecule has 0 amide bonds. The van der Waals surface area contributed by atoms with Crippen LogP contribution in [0.4, 0.5) is 19.0 Å². The van der Waals surface area contributed by atoms with Crippen LogP contribution in [0.3, 0.4) is 0 Å². The number of nitrogens with zero attached hydrogens (tertiary/aromatic N) is 1. The fourth-order valence-corrected chi connectivity index (χ4v) is 1.79. The smallest absolute Gasteiger partial charge is 0.142 e. The number of nitrogens with two attached hydrogens (primary N) is 1. The third-order valence-electron chi connectivity index (χ3n) is 2.89. The molecule has 8 heteroatoms. The van der Waals surface area contributed by atoms with Gasteiger partial charge < -0.3 is 11.1 Å². The monoisotopic (exact) mass is 307 g/mol. The van der Waals surface area contributed by atoms with Crippen molar-refractivity contribution in [3.8, 4) is 0 Å². The highest BCUT2D eigenvalue weighted by Crippen LogP contribution is 2.18. The van der Waals surface area contributed by atoms with Crippen molar-refractivity contribution in [3.05, 3.63) is 59.0 Å². The summed E-state index contributed by atoms with van der Waals surface area (Å²) < 4.78 is 40.3. The Morgan fingerprint density at radius 1 is 1.18 bits per heavy atom. The lowest BCUT2D eigenvalue weighted by molar-refractivity contribution is 0.559. The van der Waals surface area contributed by atoms with Gasteiger partial charge in [0.2, 0.25) is 0 Å². The minimum atomic E-state index is -0.738. The third-order valence-corrected chi connectivity index (χ3v) is 2.89. The fraction of sp³-hybridized carbons (Fsp3) is 0.0714. The molecule has 0 aliphatic rings. The van der Waals surface area contributed by atoms with Crippen molar-refractivity contribution in [3.63, 3.8) is 0 Å². The fourth-order valence-electron chi connectivity index (χ4n) is 1.79. The second-order valence-corrected chi connectivity index (χ2v) is 4.39. The van der Waals surface area contributed by atoms with E-state index in [2.05, 4.69) is 10.3 Å². The predicted octanol–water partition coefficient (Wildman–Crippen LogP) is 2.41. The molecule has 0 aliphatic carbocycles. The highest BCUT2D eigenvalue weighted by Gasteiger charge is 2.15. The number of anilines is 1. The topological polar surface area (TPSA) is 98.6 Å². The molecule has 114 valence electrons. The number of benzene rings is 1. The van der Waals surface area contributed by atoms with E-state index in [1.54, 1.807) is 0 Å². The molecule has 1 aromatic carbocycles. The number of nitrogens with one attached hydrogen (secondary N) is 3. The van der Waals surface area contributed by atoms with Gasteiger partial charge in [0.15, 0.2) is 0 Å². The molecule has 0 spiro atoms. The van der Waals surface area contributed by atoms with Crippen LogP contribution in [0.1, 0.15) is 11.1 Å². The summed E-state index contributed by atoms with van der Waals surface area (Å²) in [5.74, 6) is -2.77. The lowest BCUT2D eigenvalue weighted by Crippen LogP contribution is -2.24. The summed E-state index contributed by atoms with van der Waals surface area (Å²) in [6, 6.07) is 4.42. The summed E-state index contributed by atoms with van der Waals surface area (Å²) in [5.41, 5.74) is 4.48. The maximum absolute atomic E-state index is 13.5. The molecule has 2 aromatic rings. The Morgan fingerprint density at radius 2 is 1.82 bits per heavy atom. The van der Waals surface area contributed by atoms with E-state index in [1.807, 2.05) is 0 Å². The largest absolute Gasteiger partial charge is 0.382 e. The molecule has 1 aromatic heterocycles. The Bertz CT molecular complexity index is 725. The molecule has 5 nitrogen and oxygen atoms in total. The van der Waals surface area contributed by atoms with Crippen molar-refractivity contribution in [2.75, 3.05) is 5.32 Å². The highest BCUT2D eigenvalue weighted by molar-refractivity contribution is 6.45. The van der Waals surface area contributed by atoms with Gasteiger partial charge in [0.05, 0.1) is 6.20 Å². The first-order valence-electron chi connectivity index (χ1n) is 6.15. The summed E-state index contributed by atoms with van der Waals surface area (Å²) in [4.78, 5) is 3.73. The van der Waals surface area contributed by atoms with E-state index in [0.29, 0.717) is 0 Å². The molecule has 22 heavy (non-hydrogen) atoms. The van der Waals surface area contributed by atoms with Gasteiger partial charge >= 0.3 is 0 Å². The quantitative estimate of drug-likeness (QED) is 0.504. The van der Waals surface area contributed by atoms with Crippen molar-refractivity contribution in [2.45, 2.75) is 6.54 Å². The van der Waals surface area contributed by atoms with Gasteiger partial charge in [0.1, 0.15) is 34.8 Å². The van der Waals surface area contributed by atoms with Crippen LogP contribution in [-0.4, -0.2) is 16.5 Å². The van der Waals surface area contributed by atoms with E-state index in [-0.39, 0.29) is 23.5 Å². The van der Waals surface area contributed by atoms with Gasteiger partial charge in [-0.3, -0.25) is 10.8 Å². The number of hydrogen-bond acceptors (Lipinski definition) is 4. The number of pyridine rings is 1. The van der Waals surface area contributed by atoms with Gasteiger partial charge in [-0.25, -0.2) is 18.2 Å². The number of amidine groups is 1. The summed E-state index contributed by atoms with van der Waals surface area (Å²) in [5, 5.41) is 17.5. The first-order chi connectivity index (χ1) is 10.4. The normalized spacial score (nSPS) is 10.3. The maximum atomic E-state index is 13.5. The van der Waals surface area contributed by atoms with Crippen LogP contribution in [0, 0.1) is 28.3 Å². The lowest BCUT2D eigenvalue weighted by atomic mass is 10.1. The number of rotatable bonds is 5. The van der Waals surface area contributed by atoms with Crippen LogP contribution in [0.25, 0.3) is 0 Å². The molecule has 0 fully saturated rings. The van der Waals surface area contributed by atoms with E-state index in [4.69, 9.17) is 16.6 Å². The number of hydrogen-bond donors (Lipinski definition) is 4. The Morgan fingerprint density at radius 3 is 2.41 bits per heavy atom. The van der Waals surface area contributed by atoms with Crippen molar-refractivity contribution < 1.29 is 13.2 Å².